The van der Waals surface area contributed by atoms with Crippen molar-refractivity contribution < 1.29 is 4.79 Å². The highest BCUT2D eigenvalue weighted by molar-refractivity contribution is 5.91. The summed E-state index contributed by atoms with van der Waals surface area (Å²) >= 11 is 0. The maximum Gasteiger partial charge on any atom is 0.225 e. The van der Waals surface area contributed by atoms with Gasteiger partial charge < -0.3 is 10.6 Å². The third-order valence-electron chi connectivity index (χ3n) is 4.27. The van der Waals surface area contributed by atoms with E-state index in [2.05, 4.69) is 46.5 Å². The summed E-state index contributed by atoms with van der Waals surface area (Å²) in [6, 6.07) is 23.9. The highest BCUT2D eigenvalue weighted by Gasteiger charge is 2.18. The van der Waals surface area contributed by atoms with E-state index in [0.717, 1.165) is 16.9 Å². The molecule has 1 aromatic heterocycles. The summed E-state index contributed by atoms with van der Waals surface area (Å²) in [5, 5.41) is 6.05. The standard InChI is InChI=1S/C23H23N3O/c1-2-15-24-22-14-13-20(17-25-22)26-23(27)16-21(18-9-5-3-6-10-18)19-11-7-4-8-12-19/h2-14,17,21H,1,15-16H2,(H,24,25)(H,26,27). The number of anilines is 2. The van der Waals surface area contributed by atoms with Crippen molar-refractivity contribution in [2.24, 2.45) is 0 Å². The van der Waals surface area contributed by atoms with Gasteiger partial charge in [0.15, 0.2) is 0 Å². The molecular formula is C23H23N3O. The van der Waals surface area contributed by atoms with Crippen LogP contribution in [0.25, 0.3) is 0 Å². The average Bonchev–Trinajstić information content (AvgIpc) is 2.73. The fourth-order valence-corrected chi connectivity index (χ4v) is 2.95. The van der Waals surface area contributed by atoms with Crippen molar-refractivity contribution in [2.75, 3.05) is 17.2 Å². The third-order valence-corrected chi connectivity index (χ3v) is 4.27. The van der Waals surface area contributed by atoms with E-state index in [1.165, 1.54) is 0 Å². The molecule has 1 heterocycles. The van der Waals surface area contributed by atoms with Gasteiger partial charge in [0.05, 0.1) is 11.9 Å². The van der Waals surface area contributed by atoms with Gasteiger partial charge in [0.1, 0.15) is 5.82 Å². The maximum atomic E-state index is 12.7. The predicted molar refractivity (Wildman–Crippen MR) is 111 cm³/mol. The fraction of sp³-hybridized carbons (Fsp3) is 0.130. The van der Waals surface area contributed by atoms with Crippen LogP contribution in [0.2, 0.25) is 0 Å². The molecule has 0 radical (unpaired) electrons. The minimum Gasteiger partial charge on any atom is -0.367 e. The van der Waals surface area contributed by atoms with Crippen LogP contribution in [0.15, 0.2) is 91.6 Å². The van der Waals surface area contributed by atoms with Crippen molar-refractivity contribution >= 4 is 17.4 Å². The van der Waals surface area contributed by atoms with Crippen molar-refractivity contribution in [3.05, 3.63) is 103 Å². The molecule has 0 fully saturated rings. The molecule has 4 nitrogen and oxygen atoms in total. The van der Waals surface area contributed by atoms with Crippen LogP contribution in [0.3, 0.4) is 0 Å². The summed E-state index contributed by atoms with van der Waals surface area (Å²) in [4.78, 5) is 16.9. The molecule has 2 N–H and O–H groups in total. The Hall–Kier alpha value is -3.40. The Morgan fingerprint density at radius 3 is 2.11 bits per heavy atom. The first-order valence-corrected chi connectivity index (χ1v) is 8.97. The number of benzene rings is 2. The largest absolute Gasteiger partial charge is 0.367 e. The minimum atomic E-state index is -0.0405. The van der Waals surface area contributed by atoms with E-state index in [-0.39, 0.29) is 11.8 Å². The van der Waals surface area contributed by atoms with Crippen LogP contribution < -0.4 is 10.6 Å². The number of hydrogen-bond donors (Lipinski definition) is 2. The van der Waals surface area contributed by atoms with Gasteiger partial charge in [-0.05, 0) is 23.3 Å². The first-order chi connectivity index (χ1) is 13.3. The van der Waals surface area contributed by atoms with Crippen LogP contribution in [-0.2, 0) is 4.79 Å². The lowest BCUT2D eigenvalue weighted by molar-refractivity contribution is -0.116. The van der Waals surface area contributed by atoms with E-state index in [1.54, 1.807) is 12.3 Å². The van der Waals surface area contributed by atoms with E-state index in [0.29, 0.717) is 18.7 Å². The van der Waals surface area contributed by atoms with Gasteiger partial charge in [0.2, 0.25) is 5.91 Å². The zero-order chi connectivity index (χ0) is 18.9. The molecule has 1 amide bonds. The molecule has 2 aromatic carbocycles. The molecule has 27 heavy (non-hydrogen) atoms. The molecule has 0 spiro atoms. The van der Waals surface area contributed by atoms with Gasteiger partial charge in [0, 0.05) is 18.9 Å². The van der Waals surface area contributed by atoms with Gasteiger partial charge in [-0.15, -0.1) is 6.58 Å². The zero-order valence-electron chi connectivity index (χ0n) is 15.1. The zero-order valence-corrected chi connectivity index (χ0v) is 15.1. The smallest absolute Gasteiger partial charge is 0.225 e. The van der Waals surface area contributed by atoms with Gasteiger partial charge in [0.25, 0.3) is 0 Å². The molecule has 0 aliphatic heterocycles. The van der Waals surface area contributed by atoms with Gasteiger partial charge in [-0.3, -0.25) is 4.79 Å². The van der Waals surface area contributed by atoms with Crippen molar-refractivity contribution in [1.82, 2.24) is 4.98 Å². The normalized spacial score (nSPS) is 10.4. The van der Waals surface area contributed by atoms with Crippen LogP contribution in [0, 0.1) is 0 Å². The molecule has 3 aromatic rings. The number of amides is 1. The van der Waals surface area contributed by atoms with Crippen LogP contribution in [0.1, 0.15) is 23.5 Å². The van der Waals surface area contributed by atoms with E-state index < -0.39 is 0 Å². The second-order valence-electron chi connectivity index (χ2n) is 6.23. The summed E-state index contributed by atoms with van der Waals surface area (Å²) in [6.45, 7) is 4.31. The molecule has 0 aliphatic carbocycles. The van der Waals surface area contributed by atoms with E-state index >= 15 is 0 Å². The number of nitrogens with zero attached hydrogens (tertiary/aromatic N) is 1. The Kier molecular flexibility index (Phi) is 6.36. The van der Waals surface area contributed by atoms with Crippen LogP contribution >= 0.6 is 0 Å². The summed E-state index contributed by atoms with van der Waals surface area (Å²) < 4.78 is 0. The van der Waals surface area contributed by atoms with Crippen molar-refractivity contribution in [3.63, 3.8) is 0 Å². The van der Waals surface area contributed by atoms with Crippen molar-refractivity contribution in [2.45, 2.75) is 12.3 Å². The van der Waals surface area contributed by atoms with E-state index in [1.807, 2.05) is 48.5 Å². The number of rotatable bonds is 8. The number of hydrogen-bond acceptors (Lipinski definition) is 3. The van der Waals surface area contributed by atoms with Crippen LogP contribution in [0.5, 0.6) is 0 Å². The Morgan fingerprint density at radius 1 is 0.963 bits per heavy atom. The third kappa shape index (κ3) is 5.28. The second-order valence-corrected chi connectivity index (χ2v) is 6.23. The van der Waals surface area contributed by atoms with Gasteiger partial charge in [-0.2, -0.15) is 0 Å². The first-order valence-electron chi connectivity index (χ1n) is 8.97. The number of aromatic nitrogens is 1. The molecule has 136 valence electrons. The number of carbonyl (C=O) groups excluding carboxylic acids is 1. The number of nitrogens with one attached hydrogen (secondary N) is 2. The van der Waals surface area contributed by atoms with Crippen molar-refractivity contribution in [3.8, 4) is 0 Å². The Bertz CT molecular complexity index is 822. The van der Waals surface area contributed by atoms with Gasteiger partial charge in [-0.1, -0.05) is 66.7 Å². The fourth-order valence-electron chi connectivity index (χ4n) is 2.95. The molecule has 0 saturated carbocycles. The maximum absolute atomic E-state index is 12.7. The van der Waals surface area contributed by atoms with E-state index in [4.69, 9.17) is 0 Å². The predicted octanol–water partition coefficient (Wildman–Crippen LogP) is 4.84. The Labute approximate surface area is 160 Å². The van der Waals surface area contributed by atoms with Gasteiger partial charge in [-0.25, -0.2) is 4.98 Å². The molecule has 3 rings (SSSR count). The number of carbonyl (C=O) groups is 1. The molecule has 0 bridgehead atoms. The number of pyridine rings is 1. The first kappa shape index (κ1) is 18.4. The topological polar surface area (TPSA) is 54.0 Å². The summed E-state index contributed by atoms with van der Waals surface area (Å²) in [5.74, 6) is 0.717. The average molecular weight is 357 g/mol. The van der Waals surface area contributed by atoms with Crippen LogP contribution in [0.4, 0.5) is 11.5 Å². The van der Waals surface area contributed by atoms with Crippen LogP contribution in [-0.4, -0.2) is 17.4 Å². The quantitative estimate of drug-likeness (QED) is 0.567. The lowest BCUT2D eigenvalue weighted by atomic mass is 9.88. The molecule has 0 aliphatic rings. The van der Waals surface area contributed by atoms with E-state index in [9.17, 15) is 4.79 Å². The van der Waals surface area contributed by atoms with Crippen molar-refractivity contribution in [1.29, 1.82) is 0 Å². The Morgan fingerprint density at radius 2 is 1.59 bits per heavy atom. The summed E-state index contributed by atoms with van der Waals surface area (Å²) in [6.07, 6.45) is 3.79. The minimum absolute atomic E-state index is 0.00823. The lowest BCUT2D eigenvalue weighted by Gasteiger charge is -2.18. The molecule has 0 saturated heterocycles. The van der Waals surface area contributed by atoms with Gasteiger partial charge >= 0.3 is 0 Å². The monoisotopic (exact) mass is 357 g/mol. The second kappa shape index (κ2) is 9.34. The molecule has 0 atom stereocenters. The summed E-state index contributed by atoms with van der Waals surface area (Å²) in [7, 11) is 0. The molecule has 0 unspecified atom stereocenters. The molecular weight excluding hydrogens is 334 g/mol. The Balaban J connectivity index is 1.70. The lowest BCUT2D eigenvalue weighted by Crippen LogP contribution is -2.16. The highest BCUT2D eigenvalue weighted by Crippen LogP contribution is 2.28. The highest BCUT2D eigenvalue weighted by atomic mass is 16.1. The SMILES string of the molecule is C=CCNc1ccc(NC(=O)CC(c2ccccc2)c2ccccc2)cn1. The molecule has 4 heteroatoms. The summed E-state index contributed by atoms with van der Waals surface area (Å²) in [5.41, 5.74) is 2.94.